The lowest BCUT2D eigenvalue weighted by molar-refractivity contribution is -0.148. The van der Waals surface area contributed by atoms with Gasteiger partial charge in [-0.3, -0.25) is 14.9 Å². The predicted octanol–water partition coefficient (Wildman–Crippen LogP) is 0.479. The maximum absolute atomic E-state index is 12.0. The van der Waals surface area contributed by atoms with Gasteiger partial charge in [-0.05, 0) is 26.0 Å². The summed E-state index contributed by atoms with van der Waals surface area (Å²) in [4.78, 5) is 33.8. The van der Waals surface area contributed by atoms with Crippen molar-refractivity contribution in [3.63, 3.8) is 0 Å². The summed E-state index contributed by atoms with van der Waals surface area (Å²) in [5, 5.41) is 1.85. The number of nitrogens with one attached hydrogen (secondary N) is 2. The van der Waals surface area contributed by atoms with Crippen molar-refractivity contribution in [2.45, 2.75) is 25.2 Å². The average Bonchev–Trinajstić information content (AvgIpc) is 2.53. The number of benzene rings is 1. The number of amides is 2. The Morgan fingerprint density at radius 2 is 1.72 bits per heavy atom. The average molecular weight is 372 g/mol. The van der Waals surface area contributed by atoms with E-state index in [-0.39, 0.29) is 24.5 Å². The lowest BCUT2D eigenvalue weighted by Gasteiger charge is -2.08. The molecule has 0 spiro atoms. The van der Waals surface area contributed by atoms with E-state index in [0.29, 0.717) is 0 Å². The third-order valence-electron chi connectivity index (χ3n) is 2.83. The minimum atomic E-state index is -3.72. The SMILES string of the molecule is CCOC(=O)NC(=O)COC(=O)CCNS(=O)(=O)c1ccc(C)cc1. The summed E-state index contributed by atoms with van der Waals surface area (Å²) in [7, 11) is -3.72. The number of sulfonamides is 1. The molecular formula is C15H20N2O7S. The Labute approximate surface area is 145 Å². The van der Waals surface area contributed by atoms with Crippen molar-refractivity contribution in [3.8, 4) is 0 Å². The van der Waals surface area contributed by atoms with Crippen LogP contribution in [0.5, 0.6) is 0 Å². The van der Waals surface area contributed by atoms with Crippen LogP contribution in [0.15, 0.2) is 29.2 Å². The highest BCUT2D eigenvalue weighted by Crippen LogP contribution is 2.09. The van der Waals surface area contributed by atoms with Gasteiger partial charge in [-0.1, -0.05) is 17.7 Å². The third-order valence-corrected chi connectivity index (χ3v) is 4.31. The Hall–Kier alpha value is -2.46. The highest BCUT2D eigenvalue weighted by atomic mass is 32.2. The summed E-state index contributed by atoms with van der Waals surface area (Å²) in [5.41, 5.74) is 0.920. The van der Waals surface area contributed by atoms with Gasteiger partial charge in [-0.25, -0.2) is 17.9 Å². The molecule has 0 aliphatic rings. The minimum absolute atomic E-state index is 0.0836. The zero-order valence-corrected chi connectivity index (χ0v) is 14.7. The molecule has 1 rings (SSSR count). The molecule has 0 radical (unpaired) electrons. The van der Waals surface area contributed by atoms with Crippen molar-refractivity contribution in [1.29, 1.82) is 0 Å². The summed E-state index contributed by atoms with van der Waals surface area (Å²) in [6.07, 6.45) is -1.20. The fraction of sp³-hybridized carbons (Fsp3) is 0.400. The van der Waals surface area contributed by atoms with Gasteiger partial charge in [0.1, 0.15) is 0 Å². The zero-order chi connectivity index (χ0) is 18.9. The van der Waals surface area contributed by atoms with E-state index in [0.717, 1.165) is 5.56 Å². The van der Waals surface area contributed by atoms with Crippen molar-refractivity contribution in [1.82, 2.24) is 10.0 Å². The van der Waals surface area contributed by atoms with Gasteiger partial charge in [0.25, 0.3) is 5.91 Å². The van der Waals surface area contributed by atoms with Gasteiger partial charge in [-0.2, -0.15) is 0 Å². The number of hydrogen-bond acceptors (Lipinski definition) is 7. The monoisotopic (exact) mass is 372 g/mol. The topological polar surface area (TPSA) is 128 Å². The van der Waals surface area contributed by atoms with Crippen LogP contribution >= 0.6 is 0 Å². The second kappa shape index (κ2) is 9.74. The number of carbonyl (C=O) groups is 3. The van der Waals surface area contributed by atoms with Gasteiger partial charge in [0.05, 0.1) is 17.9 Å². The van der Waals surface area contributed by atoms with E-state index in [1.807, 2.05) is 12.2 Å². The van der Waals surface area contributed by atoms with E-state index in [4.69, 9.17) is 0 Å². The van der Waals surface area contributed by atoms with Crippen LogP contribution in [0.3, 0.4) is 0 Å². The number of alkyl carbamates (subject to hydrolysis) is 1. The Morgan fingerprint density at radius 1 is 1.08 bits per heavy atom. The molecule has 0 atom stereocenters. The fourth-order valence-electron chi connectivity index (χ4n) is 1.62. The number of ether oxygens (including phenoxy) is 2. The number of imide groups is 1. The summed E-state index contributed by atoms with van der Waals surface area (Å²) in [6.45, 7) is 2.65. The molecule has 0 bridgehead atoms. The summed E-state index contributed by atoms with van der Waals surface area (Å²) in [6, 6.07) is 6.22. The molecule has 1 aromatic rings. The van der Waals surface area contributed by atoms with Crippen LogP contribution in [-0.2, 0) is 29.1 Å². The van der Waals surface area contributed by atoms with Gasteiger partial charge in [-0.15, -0.1) is 0 Å². The van der Waals surface area contributed by atoms with Crippen LogP contribution in [0.25, 0.3) is 0 Å². The number of carbonyl (C=O) groups excluding carboxylic acids is 3. The van der Waals surface area contributed by atoms with E-state index in [1.165, 1.54) is 12.1 Å². The molecule has 2 N–H and O–H groups in total. The Bertz CT molecular complexity index is 714. The molecule has 0 unspecified atom stereocenters. The molecule has 0 aliphatic heterocycles. The first-order chi connectivity index (χ1) is 11.7. The second-order valence-electron chi connectivity index (χ2n) is 4.89. The first kappa shape index (κ1) is 20.6. The fourth-order valence-corrected chi connectivity index (χ4v) is 2.66. The van der Waals surface area contributed by atoms with Crippen LogP contribution < -0.4 is 10.0 Å². The summed E-state index contributed by atoms with van der Waals surface area (Å²) >= 11 is 0. The van der Waals surface area contributed by atoms with Gasteiger partial charge in [0.15, 0.2) is 6.61 Å². The van der Waals surface area contributed by atoms with E-state index >= 15 is 0 Å². The summed E-state index contributed by atoms with van der Waals surface area (Å²) in [5.74, 6) is -1.63. The van der Waals surface area contributed by atoms with Crippen molar-refractivity contribution in [2.75, 3.05) is 19.8 Å². The van der Waals surface area contributed by atoms with Crippen molar-refractivity contribution < 1.29 is 32.3 Å². The molecule has 0 heterocycles. The van der Waals surface area contributed by atoms with Gasteiger partial charge >= 0.3 is 12.1 Å². The smallest absolute Gasteiger partial charge is 0.413 e. The van der Waals surface area contributed by atoms with Gasteiger partial charge in [0.2, 0.25) is 10.0 Å². The van der Waals surface area contributed by atoms with Crippen LogP contribution in [-0.4, -0.2) is 46.1 Å². The molecule has 25 heavy (non-hydrogen) atoms. The zero-order valence-electron chi connectivity index (χ0n) is 13.9. The van der Waals surface area contributed by atoms with Crippen molar-refractivity contribution in [2.24, 2.45) is 0 Å². The Morgan fingerprint density at radius 3 is 2.32 bits per heavy atom. The van der Waals surface area contributed by atoms with Crippen LogP contribution in [0.1, 0.15) is 18.9 Å². The van der Waals surface area contributed by atoms with Gasteiger partial charge in [0, 0.05) is 6.54 Å². The lowest BCUT2D eigenvalue weighted by Crippen LogP contribution is -2.35. The first-order valence-electron chi connectivity index (χ1n) is 7.43. The number of hydrogen-bond donors (Lipinski definition) is 2. The van der Waals surface area contributed by atoms with E-state index in [1.54, 1.807) is 19.1 Å². The summed E-state index contributed by atoms with van der Waals surface area (Å²) < 4.78 is 35.4. The number of esters is 1. The number of aryl methyl sites for hydroxylation is 1. The Kier molecular flexibility index (Phi) is 8.02. The highest BCUT2D eigenvalue weighted by Gasteiger charge is 2.15. The second-order valence-corrected chi connectivity index (χ2v) is 6.66. The molecular weight excluding hydrogens is 352 g/mol. The quantitative estimate of drug-likeness (QED) is 0.635. The van der Waals surface area contributed by atoms with E-state index < -0.39 is 34.6 Å². The van der Waals surface area contributed by atoms with Crippen LogP contribution in [0.2, 0.25) is 0 Å². The molecule has 0 saturated heterocycles. The van der Waals surface area contributed by atoms with Crippen molar-refractivity contribution >= 4 is 28.0 Å². The molecule has 2 amide bonds. The maximum Gasteiger partial charge on any atom is 0.413 e. The largest absolute Gasteiger partial charge is 0.456 e. The molecule has 0 aromatic heterocycles. The van der Waals surface area contributed by atoms with Gasteiger partial charge < -0.3 is 9.47 Å². The number of rotatable bonds is 8. The maximum atomic E-state index is 12.0. The Balaban J connectivity index is 2.33. The first-order valence-corrected chi connectivity index (χ1v) is 8.91. The highest BCUT2D eigenvalue weighted by molar-refractivity contribution is 7.89. The molecule has 10 heteroatoms. The van der Waals surface area contributed by atoms with Crippen LogP contribution in [0.4, 0.5) is 4.79 Å². The minimum Gasteiger partial charge on any atom is -0.456 e. The standard InChI is InChI=1S/C15H20N2O7S/c1-3-23-15(20)17-13(18)10-24-14(19)8-9-16-25(21,22)12-6-4-11(2)5-7-12/h4-7,16H,3,8-10H2,1-2H3,(H,17,18,20). The van der Waals surface area contributed by atoms with Crippen molar-refractivity contribution in [3.05, 3.63) is 29.8 Å². The normalized spacial score (nSPS) is 10.8. The molecule has 0 saturated carbocycles. The molecule has 9 nitrogen and oxygen atoms in total. The molecule has 1 aromatic carbocycles. The third kappa shape index (κ3) is 7.77. The van der Waals surface area contributed by atoms with E-state index in [9.17, 15) is 22.8 Å². The molecule has 138 valence electrons. The molecule has 0 aliphatic carbocycles. The lowest BCUT2D eigenvalue weighted by atomic mass is 10.2. The predicted molar refractivity (Wildman–Crippen MR) is 87.1 cm³/mol. The van der Waals surface area contributed by atoms with E-state index in [2.05, 4.69) is 14.2 Å². The molecule has 0 fully saturated rings. The van der Waals surface area contributed by atoms with Crippen LogP contribution in [0, 0.1) is 6.92 Å².